The third-order valence-corrected chi connectivity index (χ3v) is 10.1. The Morgan fingerprint density at radius 3 is 2.50 bits per heavy atom. The van der Waals surface area contributed by atoms with Crippen molar-refractivity contribution in [3.05, 3.63) is 98.4 Å². The van der Waals surface area contributed by atoms with Crippen molar-refractivity contribution in [1.29, 1.82) is 0 Å². The molecule has 0 atom stereocenters. The molecule has 224 valence electrons. The predicted octanol–water partition coefficient (Wildman–Crippen LogP) is 6.68. The molecule has 0 N–H and O–H groups in total. The minimum atomic E-state index is -0.0412. The highest BCUT2D eigenvalue weighted by Crippen LogP contribution is 2.36. The highest BCUT2D eigenvalue weighted by atomic mass is 35.5. The van der Waals surface area contributed by atoms with E-state index in [0.29, 0.717) is 45.6 Å². The Labute approximate surface area is 272 Å². The van der Waals surface area contributed by atoms with E-state index in [4.69, 9.17) is 32.7 Å². The number of carbonyl (C=O) groups is 1. The summed E-state index contributed by atoms with van der Waals surface area (Å²) in [6.07, 6.45) is 0. The van der Waals surface area contributed by atoms with E-state index in [9.17, 15) is 4.79 Å². The summed E-state index contributed by atoms with van der Waals surface area (Å²) in [5, 5.41) is 13.4. The highest BCUT2D eigenvalue weighted by molar-refractivity contribution is 7.98. The summed E-state index contributed by atoms with van der Waals surface area (Å²) >= 11 is 16.1. The molecule has 0 bridgehead atoms. The molecule has 7 rings (SSSR count). The molecule has 4 heterocycles. The van der Waals surface area contributed by atoms with E-state index >= 15 is 0 Å². The molecule has 44 heavy (non-hydrogen) atoms. The van der Waals surface area contributed by atoms with Crippen LogP contribution in [0, 0.1) is 0 Å². The van der Waals surface area contributed by atoms with Crippen molar-refractivity contribution < 1.29 is 14.3 Å². The minimum Gasteiger partial charge on any atom is -0.454 e. The fourth-order valence-electron chi connectivity index (χ4n) is 5.20. The van der Waals surface area contributed by atoms with Gasteiger partial charge in [0.1, 0.15) is 10.7 Å². The third kappa shape index (κ3) is 6.02. The molecule has 1 saturated heterocycles. The summed E-state index contributed by atoms with van der Waals surface area (Å²) in [6, 6.07) is 21.1. The van der Waals surface area contributed by atoms with Crippen LogP contribution in [0.4, 0.5) is 0 Å². The number of halogens is 2. The number of carbonyl (C=O) groups excluding carboxylic acids is 1. The summed E-state index contributed by atoms with van der Waals surface area (Å²) in [6.45, 7) is 3.95. The Kier molecular flexibility index (Phi) is 8.46. The van der Waals surface area contributed by atoms with E-state index < -0.39 is 0 Å². The first-order valence-electron chi connectivity index (χ1n) is 14.0. The lowest BCUT2D eigenvalue weighted by Crippen LogP contribution is -2.48. The van der Waals surface area contributed by atoms with E-state index in [1.165, 1.54) is 28.7 Å². The number of fused-ring (bicyclic) bond motifs is 1. The normalized spacial score (nSPS) is 14.7. The van der Waals surface area contributed by atoms with Gasteiger partial charge in [0.15, 0.2) is 22.5 Å². The van der Waals surface area contributed by atoms with Crippen molar-refractivity contribution in [3.8, 4) is 28.6 Å². The van der Waals surface area contributed by atoms with Gasteiger partial charge in [0.2, 0.25) is 6.79 Å². The summed E-state index contributed by atoms with van der Waals surface area (Å²) in [7, 11) is 0. The molecule has 0 saturated carbocycles. The maximum absolute atomic E-state index is 13.3. The van der Waals surface area contributed by atoms with Crippen molar-refractivity contribution in [2.24, 2.45) is 0 Å². The van der Waals surface area contributed by atoms with Crippen LogP contribution in [0.2, 0.25) is 10.0 Å². The largest absolute Gasteiger partial charge is 0.454 e. The molecule has 0 unspecified atom stereocenters. The SMILES string of the molecule is O=C(c1csc(CSc2nnc(-c3ccccc3Cl)n2-c2ccccc2Cl)n1)N1CCN(Cc2ccc3c(c2)OCO3)CC1. The van der Waals surface area contributed by atoms with E-state index in [1.54, 1.807) is 0 Å². The molecular weight excluding hydrogens is 639 g/mol. The van der Waals surface area contributed by atoms with E-state index in [2.05, 4.69) is 26.1 Å². The lowest BCUT2D eigenvalue weighted by atomic mass is 10.1. The molecule has 5 aromatic rings. The summed E-state index contributed by atoms with van der Waals surface area (Å²) in [5.41, 5.74) is 3.15. The second kappa shape index (κ2) is 12.8. The van der Waals surface area contributed by atoms with Gasteiger partial charge in [-0.3, -0.25) is 14.3 Å². The van der Waals surface area contributed by atoms with E-state index in [-0.39, 0.29) is 12.7 Å². The number of piperazine rings is 1. The molecule has 9 nitrogen and oxygen atoms in total. The van der Waals surface area contributed by atoms with Gasteiger partial charge in [-0.1, -0.05) is 65.3 Å². The summed E-state index contributed by atoms with van der Waals surface area (Å²) < 4.78 is 12.8. The first kappa shape index (κ1) is 29.1. The monoisotopic (exact) mass is 664 g/mol. The van der Waals surface area contributed by atoms with E-state index in [0.717, 1.165) is 47.4 Å². The van der Waals surface area contributed by atoms with Gasteiger partial charge in [0, 0.05) is 43.7 Å². The first-order chi connectivity index (χ1) is 21.5. The Balaban J connectivity index is 1.00. The predicted molar refractivity (Wildman–Crippen MR) is 172 cm³/mol. The topological polar surface area (TPSA) is 85.6 Å². The fourth-order valence-corrected chi connectivity index (χ4v) is 7.37. The zero-order chi connectivity index (χ0) is 30.0. The smallest absolute Gasteiger partial charge is 0.273 e. The quantitative estimate of drug-likeness (QED) is 0.170. The number of thiazole rings is 1. The number of thioether (sulfide) groups is 1. The number of rotatable bonds is 8. The zero-order valence-corrected chi connectivity index (χ0v) is 26.5. The van der Waals surface area contributed by atoms with Crippen molar-refractivity contribution in [3.63, 3.8) is 0 Å². The standard InChI is InChI=1S/C31H26Cl2N6O3S2/c32-22-6-2-1-5-21(22)29-35-36-31(39(29)25-8-4-3-7-23(25)33)44-18-28-34-24(17-43-28)30(40)38-13-11-37(12-14-38)16-20-9-10-26-27(15-20)42-19-41-26/h1-10,15,17H,11-14,16,18-19H2. The molecule has 2 aliphatic rings. The molecule has 0 spiro atoms. The Morgan fingerprint density at radius 1 is 0.909 bits per heavy atom. The number of aromatic nitrogens is 4. The van der Waals surface area contributed by atoms with Crippen LogP contribution in [0.3, 0.4) is 0 Å². The molecular formula is C31H26Cl2N6O3S2. The second-order valence-corrected chi connectivity index (χ2v) is 12.9. The van der Waals surface area contributed by atoms with Gasteiger partial charge in [-0.25, -0.2) is 4.98 Å². The van der Waals surface area contributed by atoms with Crippen LogP contribution in [-0.4, -0.2) is 68.4 Å². The van der Waals surface area contributed by atoms with Gasteiger partial charge in [-0.15, -0.1) is 21.5 Å². The fraction of sp³-hybridized carbons (Fsp3) is 0.226. The van der Waals surface area contributed by atoms with Crippen molar-refractivity contribution in [1.82, 2.24) is 29.5 Å². The Morgan fingerprint density at radius 2 is 1.68 bits per heavy atom. The average Bonchev–Trinajstić information content (AvgIpc) is 3.81. The molecule has 2 aromatic heterocycles. The maximum Gasteiger partial charge on any atom is 0.273 e. The van der Waals surface area contributed by atoms with Crippen LogP contribution < -0.4 is 9.47 Å². The number of para-hydroxylation sites is 1. The van der Waals surface area contributed by atoms with Gasteiger partial charge >= 0.3 is 0 Å². The average molecular weight is 666 g/mol. The van der Waals surface area contributed by atoms with E-state index in [1.807, 2.05) is 75.5 Å². The molecule has 3 aromatic carbocycles. The van der Waals surface area contributed by atoms with Crippen molar-refractivity contribution in [2.45, 2.75) is 17.5 Å². The third-order valence-electron chi connectivity index (χ3n) is 7.44. The lowest BCUT2D eigenvalue weighted by Gasteiger charge is -2.34. The molecule has 0 radical (unpaired) electrons. The number of ether oxygens (including phenoxy) is 2. The summed E-state index contributed by atoms with van der Waals surface area (Å²) in [5.74, 6) is 2.65. The number of benzene rings is 3. The first-order valence-corrected chi connectivity index (χ1v) is 16.6. The lowest BCUT2D eigenvalue weighted by molar-refractivity contribution is 0.0623. The Hall–Kier alpha value is -3.61. The summed E-state index contributed by atoms with van der Waals surface area (Å²) in [4.78, 5) is 22.2. The second-order valence-electron chi connectivity index (χ2n) is 10.2. The Bertz CT molecular complexity index is 1820. The van der Waals surface area contributed by atoms with Gasteiger partial charge in [-0.2, -0.15) is 0 Å². The van der Waals surface area contributed by atoms with Crippen LogP contribution in [0.15, 0.2) is 77.3 Å². The van der Waals surface area contributed by atoms with Crippen molar-refractivity contribution >= 4 is 52.2 Å². The number of amides is 1. The zero-order valence-electron chi connectivity index (χ0n) is 23.4. The molecule has 1 fully saturated rings. The van der Waals surface area contributed by atoms with Crippen LogP contribution in [-0.2, 0) is 12.3 Å². The van der Waals surface area contributed by atoms with Gasteiger partial charge in [-0.05, 0) is 42.0 Å². The van der Waals surface area contributed by atoms with Crippen molar-refractivity contribution in [2.75, 3.05) is 33.0 Å². The van der Waals surface area contributed by atoms with Crippen LogP contribution >= 0.6 is 46.3 Å². The molecule has 0 aliphatic carbocycles. The van der Waals surface area contributed by atoms with Crippen LogP contribution in [0.5, 0.6) is 11.5 Å². The van der Waals surface area contributed by atoms with Crippen LogP contribution in [0.1, 0.15) is 21.1 Å². The van der Waals surface area contributed by atoms with Crippen LogP contribution in [0.25, 0.3) is 17.1 Å². The number of hydrogen-bond donors (Lipinski definition) is 0. The number of hydrogen-bond acceptors (Lipinski definition) is 9. The number of nitrogens with zero attached hydrogens (tertiary/aromatic N) is 6. The molecule has 1 amide bonds. The molecule has 13 heteroatoms. The van der Waals surface area contributed by atoms with Gasteiger partial charge in [0.25, 0.3) is 5.91 Å². The van der Waals surface area contributed by atoms with Gasteiger partial charge in [0.05, 0.1) is 21.5 Å². The molecule has 2 aliphatic heterocycles. The minimum absolute atomic E-state index is 0.0412. The highest BCUT2D eigenvalue weighted by Gasteiger charge is 2.25. The van der Waals surface area contributed by atoms with Gasteiger partial charge < -0.3 is 14.4 Å². The maximum atomic E-state index is 13.3.